The Hall–Kier alpha value is -3.72. The van der Waals surface area contributed by atoms with E-state index in [2.05, 4.69) is 126 Å². The fourth-order valence-electron chi connectivity index (χ4n) is 9.82. The van der Waals surface area contributed by atoms with Gasteiger partial charge in [0, 0.05) is 76.9 Å². The van der Waals surface area contributed by atoms with Crippen LogP contribution in [-0.2, 0) is 19.6 Å². The van der Waals surface area contributed by atoms with E-state index in [1.165, 1.54) is 203 Å². The van der Waals surface area contributed by atoms with E-state index in [0.717, 1.165) is 19.6 Å². The van der Waals surface area contributed by atoms with E-state index >= 15 is 0 Å². The molecule has 0 fully saturated rings. The lowest BCUT2D eigenvalue weighted by Crippen LogP contribution is -2.04. The molecule has 3 aromatic heterocycles. The van der Waals surface area contributed by atoms with Crippen LogP contribution in [0.4, 0.5) is 0 Å². The maximum Gasteiger partial charge on any atom is 0.0483 e. The van der Waals surface area contributed by atoms with Gasteiger partial charge in [0.15, 0.2) is 0 Å². The van der Waals surface area contributed by atoms with E-state index in [9.17, 15) is 0 Å². The van der Waals surface area contributed by atoms with Crippen molar-refractivity contribution in [3.8, 4) is 0 Å². The number of para-hydroxylation sites is 3. The standard InChI is InChI=1S/C55H79N3/c1-4-7-10-13-16-19-22-31-40-56-43-49(46-34-25-28-37-52(46)56)55(50-44-57(53-38-29-26-35-47(50)53)41-32-23-20-17-14-11-8-5-2)51-45-58(54-39-30-27-36-48(51)54)42-33-24-21-18-15-12-9-6-3/h25-30,34-39,43-45,55H,4-24,31-33,40-42H2,1-3H3. The summed E-state index contributed by atoms with van der Waals surface area (Å²) in [7, 11) is 0. The first kappa shape index (κ1) is 43.8. The molecular formula is C55H79N3. The zero-order valence-corrected chi connectivity index (χ0v) is 37.2. The minimum atomic E-state index is 0.138. The predicted octanol–water partition coefficient (Wildman–Crippen LogP) is 17.2. The molecule has 0 saturated heterocycles. The summed E-state index contributed by atoms with van der Waals surface area (Å²) in [4.78, 5) is 0. The van der Waals surface area contributed by atoms with Crippen LogP contribution in [0.1, 0.15) is 197 Å². The number of aryl methyl sites for hydroxylation is 3. The Bertz CT molecular complexity index is 1800. The Labute approximate surface area is 353 Å². The molecule has 3 heteroatoms. The molecular weight excluding hydrogens is 703 g/mol. The highest BCUT2D eigenvalue weighted by Gasteiger charge is 2.28. The molecule has 6 aromatic rings. The van der Waals surface area contributed by atoms with Crippen molar-refractivity contribution in [2.75, 3.05) is 0 Å². The minimum Gasteiger partial charge on any atom is -0.347 e. The average Bonchev–Trinajstić information content (AvgIpc) is 3.93. The number of fused-ring (bicyclic) bond motifs is 3. The summed E-state index contributed by atoms with van der Waals surface area (Å²) in [6.45, 7) is 10.2. The monoisotopic (exact) mass is 782 g/mol. The van der Waals surface area contributed by atoms with Crippen molar-refractivity contribution in [2.45, 2.75) is 200 Å². The summed E-state index contributed by atoms with van der Waals surface area (Å²) < 4.78 is 7.82. The zero-order chi connectivity index (χ0) is 40.2. The molecule has 0 aliphatic heterocycles. The van der Waals surface area contributed by atoms with Gasteiger partial charge in [0.2, 0.25) is 0 Å². The number of aromatic nitrogens is 3. The quantitative estimate of drug-likeness (QED) is 0.0404. The topological polar surface area (TPSA) is 14.8 Å². The van der Waals surface area contributed by atoms with Gasteiger partial charge in [-0.2, -0.15) is 0 Å². The van der Waals surface area contributed by atoms with Crippen LogP contribution in [0.3, 0.4) is 0 Å². The van der Waals surface area contributed by atoms with Crippen LogP contribution in [-0.4, -0.2) is 13.7 Å². The van der Waals surface area contributed by atoms with Crippen LogP contribution in [0, 0.1) is 0 Å². The smallest absolute Gasteiger partial charge is 0.0483 e. The fraction of sp³-hybridized carbons (Fsp3) is 0.564. The van der Waals surface area contributed by atoms with Crippen molar-refractivity contribution in [2.24, 2.45) is 0 Å². The first-order valence-corrected chi connectivity index (χ1v) is 24.5. The Morgan fingerprint density at radius 1 is 0.310 bits per heavy atom. The van der Waals surface area contributed by atoms with Crippen molar-refractivity contribution in [1.82, 2.24) is 13.7 Å². The molecule has 3 nitrogen and oxygen atoms in total. The molecule has 0 aliphatic carbocycles. The number of unbranched alkanes of at least 4 members (excludes halogenated alkanes) is 21. The largest absolute Gasteiger partial charge is 0.347 e. The Balaban J connectivity index is 1.32. The van der Waals surface area contributed by atoms with E-state index in [-0.39, 0.29) is 5.92 Å². The highest BCUT2D eigenvalue weighted by molar-refractivity contribution is 5.93. The molecule has 3 heterocycles. The van der Waals surface area contributed by atoms with Crippen LogP contribution in [0.2, 0.25) is 0 Å². The van der Waals surface area contributed by atoms with Gasteiger partial charge in [-0.25, -0.2) is 0 Å². The molecule has 0 N–H and O–H groups in total. The number of rotatable bonds is 30. The maximum atomic E-state index is 2.61. The molecule has 58 heavy (non-hydrogen) atoms. The third kappa shape index (κ3) is 11.9. The fourth-order valence-corrected chi connectivity index (χ4v) is 9.82. The van der Waals surface area contributed by atoms with Gasteiger partial charge in [-0.1, -0.05) is 210 Å². The second-order valence-corrected chi connectivity index (χ2v) is 17.7. The van der Waals surface area contributed by atoms with Crippen molar-refractivity contribution < 1.29 is 0 Å². The second-order valence-electron chi connectivity index (χ2n) is 17.7. The zero-order valence-electron chi connectivity index (χ0n) is 37.2. The van der Waals surface area contributed by atoms with Crippen molar-refractivity contribution in [1.29, 1.82) is 0 Å². The van der Waals surface area contributed by atoms with E-state index in [1.807, 2.05) is 0 Å². The second kappa shape index (κ2) is 24.4. The summed E-state index contributed by atoms with van der Waals surface area (Å²) in [5.41, 5.74) is 8.53. The Morgan fingerprint density at radius 3 is 0.828 bits per heavy atom. The molecule has 0 saturated carbocycles. The highest BCUT2D eigenvalue weighted by Crippen LogP contribution is 2.44. The Morgan fingerprint density at radius 2 is 0.552 bits per heavy atom. The van der Waals surface area contributed by atoms with E-state index in [0.29, 0.717) is 0 Å². The summed E-state index contributed by atoms with van der Waals surface area (Å²) in [5.74, 6) is 0.138. The van der Waals surface area contributed by atoms with Gasteiger partial charge in [0.05, 0.1) is 0 Å². The molecule has 6 rings (SSSR count). The van der Waals surface area contributed by atoms with Crippen LogP contribution >= 0.6 is 0 Å². The van der Waals surface area contributed by atoms with Crippen molar-refractivity contribution >= 4 is 32.7 Å². The Kier molecular flexibility index (Phi) is 18.4. The number of nitrogens with zero attached hydrogens (tertiary/aromatic N) is 3. The van der Waals surface area contributed by atoms with E-state index in [1.54, 1.807) is 0 Å². The molecule has 0 radical (unpaired) electrons. The van der Waals surface area contributed by atoms with Gasteiger partial charge in [0.1, 0.15) is 0 Å². The minimum absolute atomic E-state index is 0.138. The lowest BCUT2D eigenvalue weighted by Gasteiger charge is -2.17. The number of hydrogen-bond acceptors (Lipinski definition) is 0. The van der Waals surface area contributed by atoms with Gasteiger partial charge in [-0.3, -0.25) is 0 Å². The van der Waals surface area contributed by atoms with Gasteiger partial charge in [-0.15, -0.1) is 0 Å². The predicted molar refractivity (Wildman–Crippen MR) is 255 cm³/mol. The van der Waals surface area contributed by atoms with Gasteiger partial charge >= 0.3 is 0 Å². The summed E-state index contributed by atoms with van der Waals surface area (Å²) in [6.07, 6.45) is 40.1. The first-order chi connectivity index (χ1) is 28.7. The van der Waals surface area contributed by atoms with Gasteiger partial charge in [0.25, 0.3) is 0 Å². The van der Waals surface area contributed by atoms with E-state index < -0.39 is 0 Å². The number of hydrogen-bond donors (Lipinski definition) is 0. The molecule has 0 unspecified atom stereocenters. The molecule has 0 aliphatic rings. The first-order valence-electron chi connectivity index (χ1n) is 24.5. The highest BCUT2D eigenvalue weighted by atomic mass is 15.0. The van der Waals surface area contributed by atoms with Gasteiger partial charge in [-0.05, 0) is 54.2 Å². The van der Waals surface area contributed by atoms with Crippen LogP contribution in [0.5, 0.6) is 0 Å². The SMILES string of the molecule is CCCCCCCCCCn1cc(C(c2cn(CCCCCCCCCC)c3ccccc23)c2cn(CCCCCCCCCC)c3ccccc23)c2ccccc21. The molecule has 0 atom stereocenters. The lowest BCUT2D eigenvalue weighted by atomic mass is 9.84. The lowest BCUT2D eigenvalue weighted by molar-refractivity contribution is 0.547. The molecule has 0 spiro atoms. The maximum absolute atomic E-state index is 2.61. The van der Waals surface area contributed by atoms with Crippen molar-refractivity contribution in [3.63, 3.8) is 0 Å². The third-order valence-corrected chi connectivity index (χ3v) is 13.1. The van der Waals surface area contributed by atoms with Crippen LogP contribution < -0.4 is 0 Å². The summed E-state index contributed by atoms with van der Waals surface area (Å²) in [5, 5.41) is 4.23. The van der Waals surface area contributed by atoms with E-state index in [4.69, 9.17) is 0 Å². The van der Waals surface area contributed by atoms with Crippen LogP contribution in [0.25, 0.3) is 32.7 Å². The molecule has 3 aromatic carbocycles. The summed E-state index contributed by atoms with van der Waals surface area (Å²) >= 11 is 0. The number of benzene rings is 3. The molecule has 0 amide bonds. The van der Waals surface area contributed by atoms with Crippen molar-refractivity contribution in [3.05, 3.63) is 108 Å². The van der Waals surface area contributed by atoms with Crippen LogP contribution in [0.15, 0.2) is 91.4 Å². The van der Waals surface area contributed by atoms with Gasteiger partial charge < -0.3 is 13.7 Å². The normalized spacial score (nSPS) is 12.0. The third-order valence-electron chi connectivity index (χ3n) is 13.1. The molecule has 314 valence electrons. The molecule has 0 bridgehead atoms. The average molecular weight is 782 g/mol. The summed E-state index contributed by atoms with van der Waals surface area (Å²) in [6, 6.07) is 27.9.